The molecule has 1 aromatic carbocycles. The maximum absolute atomic E-state index is 12.5. The van der Waals surface area contributed by atoms with Crippen molar-refractivity contribution in [3.8, 4) is 0 Å². The Labute approximate surface area is 107 Å². The minimum Gasteiger partial charge on any atom is -0.369 e. The second-order valence-corrected chi connectivity index (χ2v) is 4.17. The van der Waals surface area contributed by atoms with Crippen LogP contribution in [0, 0.1) is 0 Å². The zero-order valence-electron chi connectivity index (χ0n) is 8.20. The van der Waals surface area contributed by atoms with Gasteiger partial charge in [-0.3, -0.25) is 0 Å². The molecule has 0 aliphatic rings. The van der Waals surface area contributed by atoms with Gasteiger partial charge in [0, 0.05) is 15.6 Å². The van der Waals surface area contributed by atoms with E-state index >= 15 is 0 Å². The van der Waals surface area contributed by atoms with Crippen LogP contribution in [0.5, 0.6) is 0 Å². The Kier molecular flexibility index (Phi) is 3.82. The summed E-state index contributed by atoms with van der Waals surface area (Å²) in [6.45, 7) is 0. The largest absolute Gasteiger partial charge is 0.430 e. The van der Waals surface area contributed by atoms with E-state index in [2.05, 4.69) is 0 Å². The monoisotopic (exact) mass is 312 g/mol. The summed E-state index contributed by atoms with van der Waals surface area (Å²) in [6, 6.07) is 2.06. The number of halogens is 8. The van der Waals surface area contributed by atoms with Crippen LogP contribution in [-0.4, -0.2) is 17.5 Å². The zero-order chi connectivity index (χ0) is 14.4. The molecule has 0 saturated heterocycles. The van der Waals surface area contributed by atoms with Crippen molar-refractivity contribution < 1.29 is 31.4 Å². The smallest absolute Gasteiger partial charge is 0.369 e. The number of rotatable bonds is 1. The molecule has 0 fully saturated rings. The van der Waals surface area contributed by atoms with Gasteiger partial charge in [0.05, 0.1) is 0 Å². The van der Waals surface area contributed by atoms with Gasteiger partial charge < -0.3 is 5.11 Å². The highest BCUT2D eigenvalue weighted by atomic mass is 35.5. The van der Waals surface area contributed by atoms with Gasteiger partial charge in [-0.15, -0.1) is 0 Å². The number of hydrogen-bond acceptors (Lipinski definition) is 1. The highest BCUT2D eigenvalue weighted by molar-refractivity contribution is 6.33. The quantitative estimate of drug-likeness (QED) is 0.766. The molecule has 0 saturated carbocycles. The van der Waals surface area contributed by atoms with Gasteiger partial charge in [-0.2, -0.15) is 26.3 Å². The van der Waals surface area contributed by atoms with E-state index in [1.807, 2.05) is 0 Å². The first-order valence-corrected chi connectivity index (χ1v) is 4.98. The predicted molar refractivity (Wildman–Crippen MR) is 52.5 cm³/mol. The molecule has 0 unspecified atom stereocenters. The molecule has 0 spiro atoms. The summed E-state index contributed by atoms with van der Waals surface area (Å²) >= 11 is 10.6. The van der Waals surface area contributed by atoms with E-state index in [0.29, 0.717) is 6.07 Å². The summed E-state index contributed by atoms with van der Waals surface area (Å²) in [5.41, 5.74) is -6.63. The lowest BCUT2D eigenvalue weighted by Gasteiger charge is -2.33. The van der Waals surface area contributed by atoms with Gasteiger partial charge in [0.2, 0.25) is 0 Å². The van der Waals surface area contributed by atoms with Crippen molar-refractivity contribution in [3.63, 3.8) is 0 Å². The molecule has 1 N–H and O–H groups in total. The first-order valence-electron chi connectivity index (χ1n) is 4.22. The van der Waals surface area contributed by atoms with Gasteiger partial charge in [-0.25, -0.2) is 0 Å². The van der Waals surface area contributed by atoms with E-state index < -0.39 is 33.6 Å². The molecule has 0 amide bonds. The van der Waals surface area contributed by atoms with Crippen LogP contribution < -0.4 is 0 Å². The van der Waals surface area contributed by atoms with E-state index in [1.165, 1.54) is 0 Å². The highest BCUT2D eigenvalue weighted by Crippen LogP contribution is 2.52. The van der Waals surface area contributed by atoms with E-state index in [9.17, 15) is 26.3 Å². The van der Waals surface area contributed by atoms with E-state index in [-0.39, 0.29) is 0 Å². The van der Waals surface area contributed by atoms with Crippen LogP contribution >= 0.6 is 23.2 Å². The Morgan fingerprint density at radius 3 is 1.72 bits per heavy atom. The van der Waals surface area contributed by atoms with Gasteiger partial charge >= 0.3 is 12.4 Å². The van der Waals surface area contributed by atoms with E-state index in [1.54, 1.807) is 0 Å². The van der Waals surface area contributed by atoms with E-state index in [4.69, 9.17) is 28.3 Å². The van der Waals surface area contributed by atoms with Gasteiger partial charge in [0.25, 0.3) is 5.60 Å². The fraction of sp³-hybridized carbons (Fsp3) is 0.333. The molecule has 0 aliphatic heterocycles. The van der Waals surface area contributed by atoms with Crippen molar-refractivity contribution in [2.24, 2.45) is 0 Å². The summed E-state index contributed by atoms with van der Waals surface area (Å²) in [5.74, 6) is 0. The molecular formula is C9H4Cl2F6O. The SMILES string of the molecule is OC(c1cc(Cl)ccc1Cl)(C(F)(F)F)C(F)(F)F. The highest BCUT2D eigenvalue weighted by Gasteiger charge is 2.72. The predicted octanol–water partition coefficient (Wildman–Crippen LogP) is 4.31. The second kappa shape index (κ2) is 4.47. The fourth-order valence-electron chi connectivity index (χ4n) is 1.24. The lowest BCUT2D eigenvalue weighted by atomic mass is 9.92. The normalized spacial score (nSPS) is 13.8. The molecule has 0 aromatic heterocycles. The topological polar surface area (TPSA) is 20.2 Å². The maximum atomic E-state index is 12.5. The molecule has 1 rings (SSSR count). The number of hydrogen-bond donors (Lipinski definition) is 1. The standard InChI is InChI=1S/C9H4Cl2F6O/c10-4-1-2-6(11)5(3-4)7(18,8(12,13)14)9(15,16)17/h1-3,18H. The Hall–Kier alpha value is -0.660. The minimum absolute atomic E-state index is 0.324. The number of benzene rings is 1. The molecule has 0 atom stereocenters. The van der Waals surface area contributed by atoms with Crippen LogP contribution in [0.4, 0.5) is 26.3 Å². The van der Waals surface area contributed by atoms with Crippen LogP contribution in [-0.2, 0) is 5.60 Å². The molecule has 0 aliphatic carbocycles. The van der Waals surface area contributed by atoms with Gasteiger partial charge in [0.15, 0.2) is 0 Å². The molecule has 0 radical (unpaired) electrons. The van der Waals surface area contributed by atoms with Crippen LogP contribution in [0.15, 0.2) is 18.2 Å². The Bertz CT molecular complexity index is 439. The maximum Gasteiger partial charge on any atom is 0.430 e. The van der Waals surface area contributed by atoms with Gasteiger partial charge in [-0.1, -0.05) is 23.2 Å². The summed E-state index contributed by atoms with van der Waals surface area (Å²) in [5, 5.41) is 7.76. The first-order chi connectivity index (χ1) is 7.91. The third-order valence-corrected chi connectivity index (χ3v) is 2.70. The van der Waals surface area contributed by atoms with Gasteiger partial charge in [-0.05, 0) is 18.2 Å². The Morgan fingerprint density at radius 1 is 0.889 bits per heavy atom. The average molecular weight is 313 g/mol. The van der Waals surface area contributed by atoms with Crippen LogP contribution in [0.1, 0.15) is 5.56 Å². The van der Waals surface area contributed by atoms with E-state index in [0.717, 1.165) is 12.1 Å². The first kappa shape index (κ1) is 15.4. The van der Waals surface area contributed by atoms with Crippen LogP contribution in [0.3, 0.4) is 0 Å². The molecule has 1 nitrogen and oxygen atoms in total. The summed E-state index contributed by atoms with van der Waals surface area (Å²) in [6.07, 6.45) is -12.0. The number of aliphatic hydroxyl groups is 1. The van der Waals surface area contributed by atoms with Crippen molar-refractivity contribution in [1.29, 1.82) is 0 Å². The third kappa shape index (κ3) is 2.39. The van der Waals surface area contributed by atoms with Crippen LogP contribution in [0.25, 0.3) is 0 Å². The van der Waals surface area contributed by atoms with Crippen molar-refractivity contribution in [2.45, 2.75) is 18.0 Å². The number of alkyl halides is 6. The Balaban J connectivity index is 3.61. The average Bonchev–Trinajstić information content (AvgIpc) is 2.17. The van der Waals surface area contributed by atoms with Crippen molar-refractivity contribution in [2.75, 3.05) is 0 Å². The molecule has 18 heavy (non-hydrogen) atoms. The fourth-order valence-corrected chi connectivity index (χ4v) is 1.67. The molecule has 9 heteroatoms. The molecular weight excluding hydrogens is 309 g/mol. The van der Waals surface area contributed by atoms with Gasteiger partial charge in [0.1, 0.15) is 0 Å². The third-order valence-electron chi connectivity index (χ3n) is 2.14. The zero-order valence-corrected chi connectivity index (χ0v) is 9.71. The molecule has 0 heterocycles. The lowest BCUT2D eigenvalue weighted by molar-refractivity contribution is -0.376. The van der Waals surface area contributed by atoms with Crippen molar-refractivity contribution in [3.05, 3.63) is 33.8 Å². The summed E-state index contributed by atoms with van der Waals surface area (Å²) in [4.78, 5) is 0. The van der Waals surface area contributed by atoms with Crippen LogP contribution in [0.2, 0.25) is 10.0 Å². The van der Waals surface area contributed by atoms with Crippen molar-refractivity contribution >= 4 is 23.2 Å². The summed E-state index contributed by atoms with van der Waals surface area (Å²) < 4.78 is 75.2. The second-order valence-electron chi connectivity index (χ2n) is 3.33. The minimum atomic E-state index is -5.99. The lowest BCUT2D eigenvalue weighted by Crippen LogP contribution is -2.54. The molecule has 0 bridgehead atoms. The molecule has 1 aromatic rings. The summed E-state index contributed by atoms with van der Waals surface area (Å²) in [7, 11) is 0. The van der Waals surface area contributed by atoms with Crippen molar-refractivity contribution in [1.82, 2.24) is 0 Å². The molecule has 102 valence electrons. The Morgan fingerprint density at radius 2 is 1.33 bits per heavy atom.